The third-order valence-electron chi connectivity index (χ3n) is 3.95. The third kappa shape index (κ3) is 5.09. The lowest BCUT2D eigenvalue weighted by Gasteiger charge is -2.37. The maximum absolute atomic E-state index is 13.2. The van der Waals surface area contributed by atoms with Crippen molar-refractivity contribution in [2.75, 3.05) is 33.4 Å². The van der Waals surface area contributed by atoms with Gasteiger partial charge < -0.3 is 10.1 Å². The average Bonchev–Trinajstić information content (AvgIpc) is 2.49. The lowest BCUT2D eigenvalue weighted by atomic mass is 9.80. The minimum Gasteiger partial charge on any atom is -0.384 e. The molecule has 5 nitrogen and oxygen atoms in total. The van der Waals surface area contributed by atoms with Crippen LogP contribution in [0.2, 0.25) is 0 Å². The first-order chi connectivity index (χ1) is 10.4. The minimum atomic E-state index is -3.89. The quantitative estimate of drug-likeness (QED) is 0.799. The molecule has 9 heteroatoms. The molecule has 1 fully saturated rings. The van der Waals surface area contributed by atoms with Crippen molar-refractivity contribution in [3.8, 4) is 0 Å². The molecule has 0 atom stereocenters. The summed E-state index contributed by atoms with van der Waals surface area (Å²) in [5.74, 6) is -2.26. The van der Waals surface area contributed by atoms with Crippen LogP contribution in [-0.4, -0.2) is 41.8 Å². The Balaban J connectivity index is 0.00000264. The second kappa shape index (κ2) is 8.34. The van der Waals surface area contributed by atoms with Gasteiger partial charge in [0.2, 0.25) is 10.0 Å². The molecule has 0 spiro atoms. The summed E-state index contributed by atoms with van der Waals surface area (Å²) in [5, 5.41) is 3.22. The fraction of sp³-hybridized carbons (Fsp3) is 0.571. The fourth-order valence-electron chi connectivity index (χ4n) is 2.61. The van der Waals surface area contributed by atoms with E-state index in [9.17, 15) is 17.2 Å². The highest BCUT2D eigenvalue weighted by Gasteiger charge is 2.33. The molecule has 0 aliphatic carbocycles. The standard InChI is InChI=1S/C14H20F2N2O3S.ClH/c1-21-10-14(4-6-17-7-5-14)9-18-22(19,20)11-2-3-12(15)13(16)8-11;/h2-3,8,17-18H,4-7,9-10H2,1H3;1H. The van der Waals surface area contributed by atoms with Crippen molar-refractivity contribution in [1.29, 1.82) is 0 Å². The highest BCUT2D eigenvalue weighted by molar-refractivity contribution is 7.89. The van der Waals surface area contributed by atoms with Gasteiger partial charge in [0.25, 0.3) is 0 Å². The second-order valence-corrected chi connectivity index (χ2v) is 7.35. The molecule has 132 valence electrons. The van der Waals surface area contributed by atoms with Crippen LogP contribution in [0.1, 0.15) is 12.8 Å². The second-order valence-electron chi connectivity index (χ2n) is 5.58. The first-order valence-corrected chi connectivity index (χ1v) is 8.51. The molecule has 0 radical (unpaired) electrons. The summed E-state index contributed by atoms with van der Waals surface area (Å²) in [4.78, 5) is -0.284. The number of benzene rings is 1. The Labute approximate surface area is 141 Å². The lowest BCUT2D eigenvalue weighted by molar-refractivity contribution is 0.0577. The van der Waals surface area contributed by atoms with Crippen LogP contribution in [0.3, 0.4) is 0 Å². The molecule has 0 amide bonds. The van der Waals surface area contributed by atoms with Gasteiger partial charge in [-0.25, -0.2) is 21.9 Å². The van der Waals surface area contributed by atoms with E-state index in [0.717, 1.165) is 38.1 Å². The number of rotatable bonds is 6. The zero-order valence-corrected chi connectivity index (χ0v) is 14.4. The number of nitrogens with one attached hydrogen (secondary N) is 2. The lowest BCUT2D eigenvalue weighted by Crippen LogP contribution is -2.47. The smallest absolute Gasteiger partial charge is 0.240 e. The Morgan fingerprint density at radius 2 is 1.91 bits per heavy atom. The van der Waals surface area contributed by atoms with Gasteiger partial charge in [0.1, 0.15) is 0 Å². The molecule has 1 aromatic carbocycles. The van der Waals surface area contributed by atoms with Crippen LogP contribution >= 0.6 is 12.4 Å². The predicted octanol–water partition coefficient (Wildman–Crippen LogP) is 1.68. The number of methoxy groups -OCH3 is 1. The molecule has 1 saturated heterocycles. The molecule has 2 N–H and O–H groups in total. The number of piperidine rings is 1. The third-order valence-corrected chi connectivity index (χ3v) is 5.35. The first-order valence-electron chi connectivity index (χ1n) is 7.03. The summed E-state index contributed by atoms with van der Waals surface area (Å²) in [6, 6.07) is 2.54. The number of hydrogen-bond donors (Lipinski definition) is 2. The molecule has 2 rings (SSSR count). The summed E-state index contributed by atoms with van der Waals surface area (Å²) in [6.07, 6.45) is 1.56. The number of ether oxygens (including phenoxy) is 1. The van der Waals surface area contributed by atoms with Crippen LogP contribution in [0, 0.1) is 17.0 Å². The first kappa shape index (κ1) is 20.2. The Kier molecular flexibility index (Phi) is 7.34. The molecule has 1 aliphatic heterocycles. The van der Waals surface area contributed by atoms with Gasteiger partial charge in [-0.1, -0.05) is 0 Å². The Morgan fingerprint density at radius 1 is 1.26 bits per heavy atom. The van der Waals surface area contributed by atoms with E-state index in [1.165, 1.54) is 0 Å². The Morgan fingerprint density at radius 3 is 2.48 bits per heavy atom. The largest absolute Gasteiger partial charge is 0.384 e. The van der Waals surface area contributed by atoms with Crippen molar-refractivity contribution < 1.29 is 21.9 Å². The van der Waals surface area contributed by atoms with Gasteiger partial charge in [0.15, 0.2) is 11.6 Å². The maximum atomic E-state index is 13.2. The number of sulfonamides is 1. The van der Waals surface area contributed by atoms with Crippen LogP contribution in [0.4, 0.5) is 8.78 Å². The van der Waals surface area contributed by atoms with Crippen LogP contribution < -0.4 is 10.0 Å². The van der Waals surface area contributed by atoms with Gasteiger partial charge in [-0.3, -0.25) is 0 Å². The molecular weight excluding hydrogens is 350 g/mol. The van der Waals surface area contributed by atoms with E-state index in [1.54, 1.807) is 7.11 Å². The molecule has 1 aromatic rings. The topological polar surface area (TPSA) is 67.4 Å². The van der Waals surface area contributed by atoms with E-state index in [4.69, 9.17) is 4.74 Å². The highest BCUT2D eigenvalue weighted by atomic mass is 35.5. The zero-order chi connectivity index (χ0) is 16.2. The molecule has 0 saturated carbocycles. The van der Waals surface area contributed by atoms with Crippen LogP contribution in [-0.2, 0) is 14.8 Å². The van der Waals surface area contributed by atoms with E-state index >= 15 is 0 Å². The van der Waals surface area contributed by atoms with Crippen molar-refractivity contribution in [2.24, 2.45) is 5.41 Å². The molecule has 23 heavy (non-hydrogen) atoms. The van der Waals surface area contributed by atoms with Crippen molar-refractivity contribution in [3.05, 3.63) is 29.8 Å². The van der Waals surface area contributed by atoms with Gasteiger partial charge in [0.05, 0.1) is 11.5 Å². The van der Waals surface area contributed by atoms with Gasteiger partial charge >= 0.3 is 0 Å². The Bertz CT molecular complexity index is 617. The molecule has 1 aliphatic rings. The molecule has 0 unspecified atom stereocenters. The van der Waals surface area contributed by atoms with E-state index in [1.807, 2.05) is 0 Å². The monoisotopic (exact) mass is 370 g/mol. The van der Waals surface area contributed by atoms with Crippen molar-refractivity contribution in [1.82, 2.24) is 10.0 Å². The van der Waals surface area contributed by atoms with Gasteiger partial charge in [-0.15, -0.1) is 12.4 Å². The number of halogens is 3. The summed E-state index contributed by atoms with van der Waals surface area (Å²) < 4.78 is 58.3. The molecular formula is C14H21ClF2N2O3S. The van der Waals surface area contributed by atoms with Crippen molar-refractivity contribution in [3.63, 3.8) is 0 Å². The van der Waals surface area contributed by atoms with Gasteiger partial charge in [-0.05, 0) is 44.1 Å². The molecule has 0 aromatic heterocycles. The fourth-order valence-corrected chi connectivity index (χ4v) is 3.78. The number of hydrogen-bond acceptors (Lipinski definition) is 4. The van der Waals surface area contributed by atoms with Crippen molar-refractivity contribution in [2.45, 2.75) is 17.7 Å². The van der Waals surface area contributed by atoms with E-state index in [2.05, 4.69) is 10.0 Å². The Hall–Kier alpha value is -0.800. The van der Waals surface area contributed by atoms with E-state index < -0.39 is 21.7 Å². The normalized spacial score (nSPS) is 17.5. The highest BCUT2D eigenvalue weighted by Crippen LogP contribution is 2.29. The van der Waals surface area contributed by atoms with E-state index in [-0.39, 0.29) is 29.3 Å². The SMILES string of the molecule is COCC1(CNS(=O)(=O)c2ccc(F)c(F)c2)CCNCC1.Cl. The molecule has 0 bridgehead atoms. The summed E-state index contributed by atoms with van der Waals surface area (Å²) >= 11 is 0. The summed E-state index contributed by atoms with van der Waals surface area (Å²) in [6.45, 7) is 2.21. The average molecular weight is 371 g/mol. The summed E-state index contributed by atoms with van der Waals surface area (Å²) in [7, 11) is -2.31. The van der Waals surface area contributed by atoms with E-state index in [0.29, 0.717) is 12.7 Å². The van der Waals surface area contributed by atoms with Crippen molar-refractivity contribution >= 4 is 22.4 Å². The van der Waals surface area contributed by atoms with Crippen LogP contribution in [0.25, 0.3) is 0 Å². The predicted molar refractivity (Wildman–Crippen MR) is 85.2 cm³/mol. The summed E-state index contributed by atoms with van der Waals surface area (Å²) in [5.41, 5.74) is -0.286. The van der Waals surface area contributed by atoms with Crippen LogP contribution in [0.5, 0.6) is 0 Å². The zero-order valence-electron chi connectivity index (χ0n) is 12.8. The van der Waals surface area contributed by atoms with Crippen LogP contribution in [0.15, 0.2) is 23.1 Å². The van der Waals surface area contributed by atoms with Gasteiger partial charge in [0, 0.05) is 19.1 Å². The van der Waals surface area contributed by atoms with Gasteiger partial charge in [-0.2, -0.15) is 0 Å². The maximum Gasteiger partial charge on any atom is 0.240 e. The molecule has 1 heterocycles. The minimum absolute atomic E-state index is 0.